The maximum absolute atomic E-state index is 10.5. The quantitative estimate of drug-likeness (QED) is 0.726. The molecule has 2 heterocycles. The number of hydrogen-bond acceptors (Lipinski definition) is 3. The average molecular weight is 275 g/mol. The second-order valence-electron chi connectivity index (χ2n) is 5.20. The molecule has 0 aliphatic heterocycles. The smallest absolute Gasteiger partial charge is 0.303 e. The van der Waals surface area contributed by atoms with E-state index in [4.69, 9.17) is 5.11 Å². The van der Waals surface area contributed by atoms with Crippen molar-refractivity contribution < 1.29 is 9.90 Å². The summed E-state index contributed by atoms with van der Waals surface area (Å²) in [6, 6.07) is 5.94. The molecule has 2 aromatic heterocycles. The Labute approximate surface area is 118 Å². The molecule has 2 N–H and O–H groups in total. The minimum atomic E-state index is -0.713. The zero-order valence-corrected chi connectivity index (χ0v) is 11.7. The van der Waals surface area contributed by atoms with Crippen LogP contribution in [0.15, 0.2) is 30.6 Å². The molecule has 0 bridgehead atoms. The Kier molecular flexibility index (Phi) is 5.12. The van der Waals surface area contributed by atoms with Crippen LogP contribution in [0.3, 0.4) is 0 Å². The van der Waals surface area contributed by atoms with Crippen molar-refractivity contribution in [2.24, 2.45) is 5.92 Å². The molecular weight excluding hydrogens is 254 g/mol. The highest BCUT2D eigenvalue weighted by Crippen LogP contribution is 2.09. The zero-order chi connectivity index (χ0) is 14.4. The lowest BCUT2D eigenvalue weighted by atomic mass is 10.0. The molecule has 0 fully saturated rings. The Morgan fingerprint density at radius 1 is 1.45 bits per heavy atom. The SMILES string of the molecule is CC(CCNCc1cn2ccccc2n1)CCC(=O)O. The first-order chi connectivity index (χ1) is 9.65. The van der Waals surface area contributed by atoms with Crippen molar-refractivity contribution in [3.63, 3.8) is 0 Å². The van der Waals surface area contributed by atoms with E-state index in [2.05, 4.69) is 17.2 Å². The molecular formula is C15H21N3O2. The van der Waals surface area contributed by atoms with Gasteiger partial charge in [-0.3, -0.25) is 4.79 Å². The number of fused-ring (bicyclic) bond motifs is 1. The summed E-state index contributed by atoms with van der Waals surface area (Å²) in [6.07, 6.45) is 6.00. The molecule has 5 nitrogen and oxygen atoms in total. The first-order valence-electron chi connectivity index (χ1n) is 7.00. The fraction of sp³-hybridized carbons (Fsp3) is 0.467. The van der Waals surface area contributed by atoms with Gasteiger partial charge >= 0.3 is 5.97 Å². The predicted molar refractivity (Wildman–Crippen MR) is 77.5 cm³/mol. The summed E-state index contributed by atoms with van der Waals surface area (Å²) < 4.78 is 2.01. The number of hydrogen-bond donors (Lipinski definition) is 2. The molecule has 1 unspecified atom stereocenters. The Hall–Kier alpha value is -1.88. The lowest BCUT2D eigenvalue weighted by molar-refractivity contribution is -0.137. The van der Waals surface area contributed by atoms with Crippen molar-refractivity contribution in [1.82, 2.24) is 14.7 Å². The van der Waals surface area contributed by atoms with Crippen LogP contribution >= 0.6 is 0 Å². The molecule has 2 aromatic rings. The number of aliphatic carboxylic acids is 1. The van der Waals surface area contributed by atoms with Crippen LogP contribution in [-0.4, -0.2) is 27.0 Å². The van der Waals surface area contributed by atoms with Crippen molar-refractivity contribution in [3.8, 4) is 0 Å². The van der Waals surface area contributed by atoms with Crippen molar-refractivity contribution >= 4 is 11.6 Å². The number of carboxylic acids is 1. The van der Waals surface area contributed by atoms with Gasteiger partial charge in [-0.1, -0.05) is 13.0 Å². The Morgan fingerprint density at radius 2 is 2.30 bits per heavy atom. The van der Waals surface area contributed by atoms with E-state index in [-0.39, 0.29) is 6.42 Å². The number of nitrogens with zero attached hydrogens (tertiary/aromatic N) is 2. The zero-order valence-electron chi connectivity index (χ0n) is 11.7. The van der Waals surface area contributed by atoms with E-state index in [1.807, 2.05) is 35.0 Å². The molecule has 108 valence electrons. The van der Waals surface area contributed by atoms with Crippen molar-refractivity contribution in [2.45, 2.75) is 32.7 Å². The first kappa shape index (κ1) is 14.5. The van der Waals surface area contributed by atoms with Gasteiger partial charge in [0, 0.05) is 25.4 Å². The Bertz CT molecular complexity index is 532. The molecule has 0 radical (unpaired) electrons. The molecule has 0 saturated carbocycles. The molecule has 0 spiro atoms. The third kappa shape index (κ3) is 4.35. The predicted octanol–water partition coefficient (Wildman–Crippen LogP) is 2.31. The maximum atomic E-state index is 10.5. The van der Waals surface area contributed by atoms with Gasteiger partial charge < -0.3 is 14.8 Å². The van der Waals surface area contributed by atoms with E-state index in [1.165, 1.54) is 0 Å². The molecule has 5 heteroatoms. The number of nitrogens with one attached hydrogen (secondary N) is 1. The highest BCUT2D eigenvalue weighted by atomic mass is 16.4. The maximum Gasteiger partial charge on any atom is 0.303 e. The number of rotatable bonds is 8. The van der Waals surface area contributed by atoms with Gasteiger partial charge in [-0.25, -0.2) is 4.98 Å². The topological polar surface area (TPSA) is 66.6 Å². The van der Waals surface area contributed by atoms with Crippen LogP contribution in [0.4, 0.5) is 0 Å². The first-order valence-corrected chi connectivity index (χ1v) is 7.00. The van der Waals surface area contributed by atoms with E-state index in [0.29, 0.717) is 5.92 Å². The summed E-state index contributed by atoms with van der Waals surface area (Å²) in [5, 5.41) is 12.0. The minimum absolute atomic E-state index is 0.258. The summed E-state index contributed by atoms with van der Waals surface area (Å²) in [6.45, 7) is 3.72. The fourth-order valence-electron chi connectivity index (χ4n) is 2.15. The average Bonchev–Trinajstić information content (AvgIpc) is 2.84. The van der Waals surface area contributed by atoms with Gasteiger partial charge in [0.2, 0.25) is 0 Å². The van der Waals surface area contributed by atoms with Gasteiger partial charge in [0.1, 0.15) is 5.65 Å². The van der Waals surface area contributed by atoms with E-state index < -0.39 is 5.97 Å². The van der Waals surface area contributed by atoms with Crippen LogP contribution in [0.1, 0.15) is 31.9 Å². The van der Waals surface area contributed by atoms with E-state index in [0.717, 1.165) is 37.3 Å². The Morgan fingerprint density at radius 3 is 3.05 bits per heavy atom. The van der Waals surface area contributed by atoms with Crippen LogP contribution in [0.2, 0.25) is 0 Å². The third-order valence-corrected chi connectivity index (χ3v) is 3.38. The molecule has 0 amide bonds. The van der Waals surface area contributed by atoms with Crippen LogP contribution in [-0.2, 0) is 11.3 Å². The molecule has 1 atom stereocenters. The second-order valence-corrected chi connectivity index (χ2v) is 5.20. The molecule has 2 rings (SSSR count). The highest BCUT2D eigenvalue weighted by Gasteiger charge is 2.05. The molecule has 20 heavy (non-hydrogen) atoms. The number of carboxylic acid groups (broad SMARTS) is 1. The standard InChI is InChI=1S/C15H21N3O2/c1-12(5-6-15(19)20)7-8-16-10-13-11-18-9-3-2-4-14(18)17-13/h2-4,9,11-12,16H,5-8,10H2,1H3,(H,19,20). The van der Waals surface area contributed by atoms with Crippen molar-refractivity contribution in [1.29, 1.82) is 0 Å². The van der Waals surface area contributed by atoms with Gasteiger partial charge in [-0.05, 0) is 37.4 Å². The summed E-state index contributed by atoms with van der Waals surface area (Å²) >= 11 is 0. The molecule has 0 aliphatic rings. The van der Waals surface area contributed by atoms with Gasteiger partial charge in [0.15, 0.2) is 0 Å². The normalized spacial score (nSPS) is 12.7. The van der Waals surface area contributed by atoms with Crippen LogP contribution in [0.5, 0.6) is 0 Å². The van der Waals surface area contributed by atoms with Gasteiger partial charge in [0.25, 0.3) is 0 Å². The van der Waals surface area contributed by atoms with Crippen LogP contribution in [0.25, 0.3) is 5.65 Å². The van der Waals surface area contributed by atoms with E-state index >= 15 is 0 Å². The fourth-order valence-corrected chi connectivity index (χ4v) is 2.15. The third-order valence-electron chi connectivity index (χ3n) is 3.38. The van der Waals surface area contributed by atoms with E-state index in [9.17, 15) is 4.79 Å². The summed E-state index contributed by atoms with van der Waals surface area (Å²) in [5.41, 5.74) is 1.98. The molecule has 0 saturated heterocycles. The van der Waals surface area contributed by atoms with Crippen molar-refractivity contribution in [3.05, 3.63) is 36.3 Å². The number of pyridine rings is 1. The van der Waals surface area contributed by atoms with Gasteiger partial charge in [-0.2, -0.15) is 0 Å². The van der Waals surface area contributed by atoms with Crippen molar-refractivity contribution in [2.75, 3.05) is 6.54 Å². The monoisotopic (exact) mass is 275 g/mol. The van der Waals surface area contributed by atoms with Gasteiger partial charge in [0.05, 0.1) is 5.69 Å². The lowest BCUT2D eigenvalue weighted by Crippen LogP contribution is -2.17. The molecule has 0 aromatic carbocycles. The largest absolute Gasteiger partial charge is 0.481 e. The van der Waals surface area contributed by atoms with Crippen LogP contribution in [0, 0.1) is 5.92 Å². The Balaban J connectivity index is 1.69. The number of carbonyl (C=O) groups is 1. The minimum Gasteiger partial charge on any atom is -0.481 e. The second kappa shape index (κ2) is 7.05. The number of aromatic nitrogens is 2. The summed E-state index contributed by atoms with van der Waals surface area (Å²) in [7, 11) is 0. The highest BCUT2D eigenvalue weighted by molar-refractivity contribution is 5.66. The summed E-state index contributed by atoms with van der Waals surface area (Å²) in [5.74, 6) is -0.283. The molecule has 0 aliphatic carbocycles. The van der Waals surface area contributed by atoms with Gasteiger partial charge in [-0.15, -0.1) is 0 Å². The number of imidazole rings is 1. The lowest BCUT2D eigenvalue weighted by Gasteiger charge is -2.09. The van der Waals surface area contributed by atoms with E-state index in [1.54, 1.807) is 0 Å². The van der Waals surface area contributed by atoms with Crippen LogP contribution < -0.4 is 5.32 Å². The summed E-state index contributed by atoms with van der Waals surface area (Å²) in [4.78, 5) is 15.0.